The number of hydrogen-bond donors (Lipinski definition) is 2. The molecule has 1 amide bonds. The Kier molecular flexibility index (Phi) is 3.85. The molecule has 0 radical (unpaired) electrons. The standard InChI is InChI=1S/C10H18N4O/c1-7-8(2)12-13-9(7)10(15)14(4)6-5-11-3/h11H,5-6H2,1-4H3,(H,12,13). The quantitative estimate of drug-likeness (QED) is 0.752. The topological polar surface area (TPSA) is 61.0 Å². The number of rotatable bonds is 4. The van der Waals surface area contributed by atoms with Crippen molar-refractivity contribution in [3.8, 4) is 0 Å². The van der Waals surface area contributed by atoms with Crippen molar-refractivity contribution in [1.29, 1.82) is 0 Å². The van der Waals surface area contributed by atoms with Gasteiger partial charge in [0.05, 0.1) is 0 Å². The summed E-state index contributed by atoms with van der Waals surface area (Å²) in [6, 6.07) is 0. The molecule has 5 nitrogen and oxygen atoms in total. The largest absolute Gasteiger partial charge is 0.339 e. The molecular weight excluding hydrogens is 192 g/mol. The molecule has 0 aromatic carbocycles. The fraction of sp³-hybridized carbons (Fsp3) is 0.600. The monoisotopic (exact) mass is 210 g/mol. The normalized spacial score (nSPS) is 10.4. The van der Waals surface area contributed by atoms with Crippen LogP contribution in [0.4, 0.5) is 0 Å². The highest BCUT2D eigenvalue weighted by atomic mass is 16.2. The lowest BCUT2D eigenvalue weighted by molar-refractivity contribution is 0.0790. The number of aromatic nitrogens is 2. The summed E-state index contributed by atoms with van der Waals surface area (Å²) in [7, 11) is 3.64. The minimum Gasteiger partial charge on any atom is -0.339 e. The van der Waals surface area contributed by atoms with Crippen molar-refractivity contribution >= 4 is 5.91 Å². The van der Waals surface area contributed by atoms with E-state index in [1.54, 1.807) is 11.9 Å². The second kappa shape index (κ2) is 4.93. The first-order valence-corrected chi connectivity index (χ1v) is 4.99. The van der Waals surface area contributed by atoms with E-state index in [9.17, 15) is 4.79 Å². The third-order valence-electron chi connectivity index (χ3n) is 2.50. The van der Waals surface area contributed by atoms with E-state index in [0.717, 1.165) is 17.8 Å². The molecule has 0 unspecified atom stereocenters. The van der Waals surface area contributed by atoms with Crippen molar-refractivity contribution in [3.05, 3.63) is 17.0 Å². The Morgan fingerprint density at radius 1 is 1.53 bits per heavy atom. The summed E-state index contributed by atoms with van der Waals surface area (Å²) in [5, 5.41) is 9.83. The number of amides is 1. The molecule has 1 heterocycles. The number of nitrogens with zero attached hydrogens (tertiary/aromatic N) is 2. The number of nitrogens with one attached hydrogen (secondary N) is 2. The summed E-state index contributed by atoms with van der Waals surface area (Å²) < 4.78 is 0. The van der Waals surface area contributed by atoms with Crippen molar-refractivity contribution in [2.24, 2.45) is 0 Å². The smallest absolute Gasteiger partial charge is 0.274 e. The highest BCUT2D eigenvalue weighted by Crippen LogP contribution is 2.10. The van der Waals surface area contributed by atoms with E-state index in [2.05, 4.69) is 15.5 Å². The predicted molar refractivity (Wildman–Crippen MR) is 58.9 cm³/mol. The average Bonchev–Trinajstić information content (AvgIpc) is 2.55. The molecule has 84 valence electrons. The Hall–Kier alpha value is -1.36. The fourth-order valence-electron chi connectivity index (χ4n) is 1.26. The van der Waals surface area contributed by atoms with Gasteiger partial charge in [-0.2, -0.15) is 5.10 Å². The SMILES string of the molecule is CNCCN(C)C(=O)c1n[nH]c(C)c1C. The fourth-order valence-corrected chi connectivity index (χ4v) is 1.26. The van der Waals surface area contributed by atoms with Gasteiger partial charge in [0.1, 0.15) is 0 Å². The molecule has 0 saturated heterocycles. The van der Waals surface area contributed by atoms with Gasteiger partial charge in [0.15, 0.2) is 5.69 Å². The van der Waals surface area contributed by atoms with Crippen LogP contribution in [-0.2, 0) is 0 Å². The third kappa shape index (κ3) is 2.56. The number of carbonyl (C=O) groups excluding carboxylic acids is 1. The molecular formula is C10H18N4O. The van der Waals surface area contributed by atoms with Gasteiger partial charge in [-0.15, -0.1) is 0 Å². The van der Waals surface area contributed by atoms with Gasteiger partial charge in [0.2, 0.25) is 0 Å². The van der Waals surface area contributed by atoms with Gasteiger partial charge < -0.3 is 10.2 Å². The van der Waals surface area contributed by atoms with E-state index in [-0.39, 0.29) is 5.91 Å². The van der Waals surface area contributed by atoms with Crippen LogP contribution in [0.2, 0.25) is 0 Å². The zero-order valence-electron chi connectivity index (χ0n) is 9.72. The van der Waals surface area contributed by atoms with Crippen molar-refractivity contribution in [1.82, 2.24) is 20.4 Å². The van der Waals surface area contributed by atoms with E-state index in [1.165, 1.54) is 0 Å². The van der Waals surface area contributed by atoms with E-state index >= 15 is 0 Å². The lowest BCUT2D eigenvalue weighted by Gasteiger charge is -2.15. The zero-order valence-corrected chi connectivity index (χ0v) is 9.72. The molecule has 0 fully saturated rings. The number of aryl methyl sites for hydroxylation is 1. The number of carbonyl (C=O) groups is 1. The molecule has 0 atom stereocenters. The first kappa shape index (κ1) is 11.7. The van der Waals surface area contributed by atoms with Gasteiger partial charge in [-0.3, -0.25) is 9.89 Å². The van der Waals surface area contributed by atoms with Gasteiger partial charge in [-0.25, -0.2) is 0 Å². The number of hydrogen-bond acceptors (Lipinski definition) is 3. The van der Waals surface area contributed by atoms with Gasteiger partial charge >= 0.3 is 0 Å². The van der Waals surface area contributed by atoms with Gasteiger partial charge in [0, 0.05) is 31.4 Å². The molecule has 1 rings (SSSR count). The van der Waals surface area contributed by atoms with Crippen LogP contribution in [-0.4, -0.2) is 48.2 Å². The molecule has 1 aromatic heterocycles. The lowest BCUT2D eigenvalue weighted by atomic mass is 10.2. The summed E-state index contributed by atoms with van der Waals surface area (Å²) >= 11 is 0. The Labute approximate surface area is 89.9 Å². The van der Waals surface area contributed by atoms with Gasteiger partial charge in [-0.1, -0.05) is 0 Å². The summed E-state index contributed by atoms with van der Waals surface area (Å²) in [4.78, 5) is 13.6. The van der Waals surface area contributed by atoms with E-state index < -0.39 is 0 Å². The minimum atomic E-state index is -0.0351. The number of likely N-dealkylation sites (N-methyl/N-ethyl adjacent to an activating group) is 2. The second-order valence-corrected chi connectivity index (χ2v) is 3.65. The summed E-state index contributed by atoms with van der Waals surface area (Å²) in [5.74, 6) is -0.0351. The van der Waals surface area contributed by atoms with Crippen molar-refractivity contribution in [2.45, 2.75) is 13.8 Å². The first-order chi connectivity index (χ1) is 7.07. The molecule has 0 aliphatic heterocycles. The summed E-state index contributed by atoms with van der Waals surface area (Å²) in [6.45, 7) is 5.27. The number of H-pyrrole nitrogens is 1. The maximum atomic E-state index is 11.9. The highest BCUT2D eigenvalue weighted by molar-refractivity contribution is 5.93. The van der Waals surface area contributed by atoms with Crippen LogP contribution in [0.15, 0.2) is 0 Å². The Morgan fingerprint density at radius 3 is 2.67 bits per heavy atom. The molecule has 2 N–H and O–H groups in total. The van der Waals surface area contributed by atoms with E-state index in [4.69, 9.17) is 0 Å². The van der Waals surface area contributed by atoms with Gasteiger partial charge in [0.25, 0.3) is 5.91 Å². The minimum absolute atomic E-state index is 0.0351. The Bertz CT molecular complexity index is 345. The highest BCUT2D eigenvalue weighted by Gasteiger charge is 2.17. The second-order valence-electron chi connectivity index (χ2n) is 3.65. The zero-order chi connectivity index (χ0) is 11.4. The van der Waals surface area contributed by atoms with Crippen molar-refractivity contribution < 1.29 is 4.79 Å². The van der Waals surface area contributed by atoms with E-state index in [1.807, 2.05) is 20.9 Å². The molecule has 15 heavy (non-hydrogen) atoms. The molecule has 1 aromatic rings. The van der Waals surface area contributed by atoms with Crippen LogP contribution in [0.25, 0.3) is 0 Å². The Morgan fingerprint density at radius 2 is 2.20 bits per heavy atom. The van der Waals surface area contributed by atoms with Crippen LogP contribution in [0, 0.1) is 13.8 Å². The molecule has 0 spiro atoms. The predicted octanol–water partition coefficient (Wildman–Crippen LogP) is 0.318. The molecule has 0 saturated carbocycles. The maximum absolute atomic E-state index is 11.9. The maximum Gasteiger partial charge on any atom is 0.274 e. The van der Waals surface area contributed by atoms with Crippen LogP contribution in [0.5, 0.6) is 0 Å². The molecule has 0 aliphatic rings. The first-order valence-electron chi connectivity index (χ1n) is 4.99. The molecule has 0 bridgehead atoms. The van der Waals surface area contributed by atoms with Crippen LogP contribution in [0.3, 0.4) is 0 Å². The summed E-state index contributed by atoms with van der Waals surface area (Å²) in [6.07, 6.45) is 0. The Balaban J connectivity index is 2.72. The third-order valence-corrected chi connectivity index (χ3v) is 2.50. The van der Waals surface area contributed by atoms with Crippen molar-refractivity contribution in [2.75, 3.05) is 27.2 Å². The summed E-state index contributed by atoms with van der Waals surface area (Å²) in [5.41, 5.74) is 2.39. The molecule has 0 aliphatic carbocycles. The average molecular weight is 210 g/mol. The van der Waals surface area contributed by atoms with Crippen LogP contribution in [0.1, 0.15) is 21.7 Å². The van der Waals surface area contributed by atoms with E-state index in [0.29, 0.717) is 12.2 Å². The lowest BCUT2D eigenvalue weighted by Crippen LogP contribution is -2.33. The molecule has 5 heteroatoms. The van der Waals surface area contributed by atoms with Gasteiger partial charge in [-0.05, 0) is 20.9 Å². The van der Waals surface area contributed by atoms with Crippen LogP contribution >= 0.6 is 0 Å². The number of aromatic amines is 1. The van der Waals surface area contributed by atoms with Crippen molar-refractivity contribution in [3.63, 3.8) is 0 Å². The van der Waals surface area contributed by atoms with Crippen LogP contribution < -0.4 is 5.32 Å².